The molecule has 1 aromatic carbocycles. The first-order valence-corrected chi connectivity index (χ1v) is 4.93. The summed E-state index contributed by atoms with van der Waals surface area (Å²) in [5, 5.41) is 3.08. The van der Waals surface area contributed by atoms with Crippen molar-refractivity contribution in [3.63, 3.8) is 0 Å². The van der Waals surface area contributed by atoms with Crippen LogP contribution in [0.1, 0.15) is 5.56 Å². The molecule has 4 heteroatoms. The molecule has 82 valence electrons. The summed E-state index contributed by atoms with van der Waals surface area (Å²) in [5.41, 5.74) is 8.06. The molecule has 0 bridgehead atoms. The summed E-state index contributed by atoms with van der Waals surface area (Å²) in [6, 6.07) is 8.04. The SMILES string of the molecule is Nc1ccncc1CNc1cccc(F)c1. The van der Waals surface area contributed by atoms with Gasteiger partial charge in [-0.15, -0.1) is 0 Å². The topological polar surface area (TPSA) is 50.9 Å². The van der Waals surface area contributed by atoms with E-state index < -0.39 is 0 Å². The molecule has 0 unspecified atom stereocenters. The van der Waals surface area contributed by atoms with Crippen LogP contribution in [0, 0.1) is 5.82 Å². The predicted octanol–water partition coefficient (Wildman–Crippen LogP) is 2.42. The van der Waals surface area contributed by atoms with Crippen molar-refractivity contribution in [2.24, 2.45) is 0 Å². The van der Waals surface area contributed by atoms with Crippen LogP contribution in [0.15, 0.2) is 42.7 Å². The third-order valence-electron chi connectivity index (χ3n) is 2.25. The van der Waals surface area contributed by atoms with Crippen LogP contribution < -0.4 is 11.1 Å². The van der Waals surface area contributed by atoms with Gasteiger partial charge in [0.05, 0.1) is 0 Å². The molecular weight excluding hydrogens is 205 g/mol. The maximum atomic E-state index is 12.9. The van der Waals surface area contributed by atoms with E-state index in [9.17, 15) is 4.39 Å². The predicted molar refractivity (Wildman–Crippen MR) is 62.4 cm³/mol. The molecular formula is C12H12FN3. The van der Waals surface area contributed by atoms with Gasteiger partial charge in [0.25, 0.3) is 0 Å². The minimum absolute atomic E-state index is 0.260. The second-order valence-electron chi connectivity index (χ2n) is 3.44. The number of nitrogen functional groups attached to an aromatic ring is 1. The van der Waals surface area contributed by atoms with Crippen molar-refractivity contribution >= 4 is 11.4 Å². The molecule has 0 aliphatic heterocycles. The van der Waals surface area contributed by atoms with Crippen molar-refractivity contribution in [3.05, 3.63) is 54.1 Å². The Kier molecular flexibility index (Phi) is 3.00. The van der Waals surface area contributed by atoms with Crippen LogP contribution in [-0.4, -0.2) is 4.98 Å². The first-order chi connectivity index (χ1) is 7.75. The van der Waals surface area contributed by atoms with Crippen LogP contribution in [-0.2, 0) is 6.54 Å². The van der Waals surface area contributed by atoms with Crippen LogP contribution in [0.5, 0.6) is 0 Å². The minimum Gasteiger partial charge on any atom is -0.398 e. The number of aromatic nitrogens is 1. The highest BCUT2D eigenvalue weighted by Gasteiger charge is 1.99. The largest absolute Gasteiger partial charge is 0.398 e. The summed E-state index contributed by atoms with van der Waals surface area (Å²) in [6.45, 7) is 0.531. The van der Waals surface area contributed by atoms with Gasteiger partial charge in [-0.1, -0.05) is 6.07 Å². The van der Waals surface area contributed by atoms with Crippen molar-refractivity contribution < 1.29 is 4.39 Å². The molecule has 16 heavy (non-hydrogen) atoms. The fourth-order valence-electron chi connectivity index (χ4n) is 1.38. The van der Waals surface area contributed by atoms with E-state index in [-0.39, 0.29) is 5.82 Å². The highest BCUT2D eigenvalue weighted by Crippen LogP contribution is 2.13. The van der Waals surface area contributed by atoms with E-state index in [1.807, 2.05) is 0 Å². The molecule has 0 saturated heterocycles. The molecule has 0 amide bonds. The number of benzene rings is 1. The third-order valence-corrected chi connectivity index (χ3v) is 2.25. The normalized spacial score (nSPS) is 10.1. The Balaban J connectivity index is 2.05. The van der Waals surface area contributed by atoms with E-state index in [0.29, 0.717) is 12.2 Å². The Labute approximate surface area is 93.1 Å². The number of nitrogens with one attached hydrogen (secondary N) is 1. The number of hydrogen-bond donors (Lipinski definition) is 2. The molecule has 0 aliphatic rings. The molecule has 0 atom stereocenters. The number of pyridine rings is 1. The average molecular weight is 217 g/mol. The fraction of sp³-hybridized carbons (Fsp3) is 0.0833. The Morgan fingerprint density at radius 1 is 1.31 bits per heavy atom. The first-order valence-electron chi connectivity index (χ1n) is 4.93. The van der Waals surface area contributed by atoms with Gasteiger partial charge >= 0.3 is 0 Å². The minimum atomic E-state index is -0.260. The van der Waals surface area contributed by atoms with Crippen molar-refractivity contribution in [2.75, 3.05) is 11.1 Å². The maximum absolute atomic E-state index is 12.9. The lowest BCUT2D eigenvalue weighted by atomic mass is 10.2. The molecule has 0 aliphatic carbocycles. The number of anilines is 2. The molecule has 1 aromatic heterocycles. The van der Waals surface area contributed by atoms with Gasteiger partial charge in [0, 0.05) is 35.9 Å². The van der Waals surface area contributed by atoms with Crippen molar-refractivity contribution in [2.45, 2.75) is 6.54 Å². The lowest BCUT2D eigenvalue weighted by Gasteiger charge is -2.08. The van der Waals surface area contributed by atoms with Crippen LogP contribution in [0.25, 0.3) is 0 Å². The first kappa shape index (κ1) is 10.4. The van der Waals surface area contributed by atoms with Gasteiger partial charge < -0.3 is 11.1 Å². The molecule has 0 radical (unpaired) electrons. The highest BCUT2D eigenvalue weighted by atomic mass is 19.1. The van der Waals surface area contributed by atoms with E-state index in [0.717, 1.165) is 11.3 Å². The number of hydrogen-bond acceptors (Lipinski definition) is 3. The standard InChI is InChI=1S/C12H12FN3/c13-10-2-1-3-11(6-10)16-8-9-7-15-5-4-12(9)14/h1-7,16H,8H2,(H2,14,15). The Morgan fingerprint density at radius 3 is 2.94 bits per heavy atom. The van der Waals surface area contributed by atoms with Crippen molar-refractivity contribution in [1.82, 2.24) is 4.98 Å². The van der Waals surface area contributed by atoms with Gasteiger partial charge in [0.15, 0.2) is 0 Å². The molecule has 2 aromatic rings. The van der Waals surface area contributed by atoms with Gasteiger partial charge in [0.2, 0.25) is 0 Å². The average Bonchev–Trinajstić information content (AvgIpc) is 2.28. The molecule has 0 spiro atoms. The number of nitrogens with two attached hydrogens (primary N) is 1. The Bertz CT molecular complexity index is 485. The van der Waals surface area contributed by atoms with Crippen LogP contribution >= 0.6 is 0 Å². The quantitative estimate of drug-likeness (QED) is 0.830. The van der Waals surface area contributed by atoms with Crippen LogP contribution in [0.4, 0.5) is 15.8 Å². The van der Waals surface area contributed by atoms with E-state index in [2.05, 4.69) is 10.3 Å². The van der Waals surface area contributed by atoms with E-state index in [4.69, 9.17) is 5.73 Å². The fourth-order valence-corrected chi connectivity index (χ4v) is 1.38. The second kappa shape index (κ2) is 4.61. The van der Waals surface area contributed by atoms with Crippen LogP contribution in [0.2, 0.25) is 0 Å². The summed E-state index contributed by atoms with van der Waals surface area (Å²) in [5.74, 6) is -0.260. The molecule has 3 N–H and O–H groups in total. The van der Waals surface area contributed by atoms with E-state index in [1.165, 1.54) is 12.1 Å². The smallest absolute Gasteiger partial charge is 0.125 e. The number of nitrogens with zero attached hydrogens (tertiary/aromatic N) is 1. The number of halogens is 1. The monoisotopic (exact) mass is 217 g/mol. The summed E-state index contributed by atoms with van der Waals surface area (Å²) < 4.78 is 12.9. The van der Waals surface area contributed by atoms with Gasteiger partial charge in [-0.2, -0.15) is 0 Å². The molecule has 0 saturated carbocycles. The highest BCUT2D eigenvalue weighted by molar-refractivity contribution is 5.49. The zero-order valence-corrected chi connectivity index (χ0v) is 8.65. The van der Waals surface area contributed by atoms with Gasteiger partial charge in [-0.05, 0) is 24.3 Å². The van der Waals surface area contributed by atoms with E-state index >= 15 is 0 Å². The summed E-state index contributed by atoms with van der Waals surface area (Å²) >= 11 is 0. The van der Waals surface area contributed by atoms with Crippen molar-refractivity contribution in [1.29, 1.82) is 0 Å². The Morgan fingerprint density at radius 2 is 2.19 bits per heavy atom. The van der Waals surface area contributed by atoms with Crippen LogP contribution in [0.3, 0.4) is 0 Å². The van der Waals surface area contributed by atoms with Gasteiger partial charge in [-0.25, -0.2) is 4.39 Å². The lowest BCUT2D eigenvalue weighted by molar-refractivity contribution is 0.628. The third kappa shape index (κ3) is 2.48. The molecule has 2 rings (SSSR count). The van der Waals surface area contributed by atoms with Gasteiger partial charge in [0.1, 0.15) is 5.82 Å². The summed E-state index contributed by atoms with van der Waals surface area (Å²) in [4.78, 5) is 3.98. The maximum Gasteiger partial charge on any atom is 0.125 e. The Hall–Kier alpha value is -2.10. The zero-order chi connectivity index (χ0) is 11.4. The van der Waals surface area contributed by atoms with Gasteiger partial charge in [-0.3, -0.25) is 4.98 Å². The number of rotatable bonds is 3. The molecule has 1 heterocycles. The second-order valence-corrected chi connectivity index (χ2v) is 3.44. The summed E-state index contributed by atoms with van der Waals surface area (Å²) in [7, 11) is 0. The van der Waals surface area contributed by atoms with E-state index in [1.54, 1.807) is 30.6 Å². The lowest BCUT2D eigenvalue weighted by Crippen LogP contribution is -2.03. The molecule has 0 fully saturated rings. The summed E-state index contributed by atoms with van der Waals surface area (Å²) in [6.07, 6.45) is 3.34. The molecule has 3 nitrogen and oxygen atoms in total. The van der Waals surface area contributed by atoms with Crippen molar-refractivity contribution in [3.8, 4) is 0 Å². The zero-order valence-electron chi connectivity index (χ0n) is 8.65.